The zero-order chi connectivity index (χ0) is 27.2. The highest BCUT2D eigenvalue weighted by molar-refractivity contribution is 8.26. The summed E-state index contributed by atoms with van der Waals surface area (Å²) in [5, 5.41) is 4.87. The molecule has 0 saturated carbocycles. The Morgan fingerprint density at radius 1 is 1.00 bits per heavy atom. The molecule has 39 heavy (non-hydrogen) atoms. The average molecular weight is 558 g/mol. The van der Waals surface area contributed by atoms with Gasteiger partial charge in [-0.15, -0.1) is 0 Å². The van der Waals surface area contributed by atoms with Crippen molar-refractivity contribution in [3.05, 3.63) is 107 Å². The summed E-state index contributed by atoms with van der Waals surface area (Å²) in [5.41, 5.74) is 3.82. The quantitative estimate of drug-likeness (QED) is 0.114. The van der Waals surface area contributed by atoms with Crippen LogP contribution in [0.4, 0.5) is 4.39 Å². The van der Waals surface area contributed by atoms with Crippen LogP contribution in [-0.2, 0) is 11.4 Å². The summed E-state index contributed by atoms with van der Waals surface area (Å²) in [5.74, 6) is 0.274. The fourth-order valence-electron chi connectivity index (χ4n) is 4.27. The number of para-hydroxylation sites is 1. The molecule has 1 fully saturated rings. The monoisotopic (exact) mass is 557 g/mol. The van der Waals surface area contributed by atoms with Gasteiger partial charge < -0.3 is 4.74 Å². The standard InChI is InChI=1S/C31H28FN3O2S2/c1-2-3-9-18-34-30(36)28(39-31(34)38)19-24-20-35(25-11-5-4-6-12-25)33-29(24)22-14-16-26(17-15-22)37-21-23-10-7-8-13-27(23)32/h4-8,10-17,19-20H,2-3,9,18,21H2,1H3/b28-19+. The van der Waals surface area contributed by atoms with Crippen molar-refractivity contribution in [1.29, 1.82) is 0 Å². The lowest BCUT2D eigenvalue weighted by Gasteiger charge is -2.13. The Morgan fingerprint density at radius 3 is 2.49 bits per heavy atom. The highest BCUT2D eigenvalue weighted by Crippen LogP contribution is 2.35. The molecule has 1 amide bonds. The van der Waals surface area contributed by atoms with E-state index >= 15 is 0 Å². The van der Waals surface area contributed by atoms with Crippen molar-refractivity contribution in [2.45, 2.75) is 32.8 Å². The van der Waals surface area contributed by atoms with Gasteiger partial charge in [0, 0.05) is 29.4 Å². The molecule has 1 saturated heterocycles. The van der Waals surface area contributed by atoms with Crippen LogP contribution in [-0.4, -0.2) is 31.5 Å². The second-order valence-corrected chi connectivity index (χ2v) is 10.8. The largest absolute Gasteiger partial charge is 0.489 e. The summed E-state index contributed by atoms with van der Waals surface area (Å²) in [4.78, 5) is 15.5. The number of nitrogens with zero attached hydrogens (tertiary/aromatic N) is 3. The average Bonchev–Trinajstić information content (AvgIpc) is 3.50. The van der Waals surface area contributed by atoms with Crippen LogP contribution in [0.2, 0.25) is 0 Å². The fourth-order valence-corrected chi connectivity index (χ4v) is 5.57. The number of hydrogen-bond donors (Lipinski definition) is 0. The van der Waals surface area contributed by atoms with E-state index in [0.29, 0.717) is 27.1 Å². The SMILES string of the molecule is CCCCCN1C(=O)/C(=C\c2cn(-c3ccccc3)nc2-c2ccc(OCc3ccccc3F)cc2)SC1=S. The van der Waals surface area contributed by atoms with Crippen molar-refractivity contribution >= 4 is 40.3 Å². The molecular weight excluding hydrogens is 529 g/mol. The van der Waals surface area contributed by atoms with E-state index in [2.05, 4.69) is 6.92 Å². The second kappa shape index (κ2) is 12.4. The first kappa shape index (κ1) is 26.8. The van der Waals surface area contributed by atoms with Gasteiger partial charge in [0.1, 0.15) is 22.5 Å². The molecule has 0 aliphatic carbocycles. The Kier molecular flexibility index (Phi) is 8.54. The highest BCUT2D eigenvalue weighted by atomic mass is 32.2. The molecule has 0 unspecified atom stereocenters. The summed E-state index contributed by atoms with van der Waals surface area (Å²) < 4.78 is 22.2. The maximum atomic E-state index is 14.0. The maximum Gasteiger partial charge on any atom is 0.266 e. The van der Waals surface area contributed by atoms with E-state index in [0.717, 1.165) is 41.8 Å². The van der Waals surface area contributed by atoms with Gasteiger partial charge in [0.25, 0.3) is 5.91 Å². The Morgan fingerprint density at radius 2 is 1.74 bits per heavy atom. The number of carbonyl (C=O) groups is 1. The molecule has 1 aliphatic heterocycles. The lowest BCUT2D eigenvalue weighted by molar-refractivity contribution is -0.122. The van der Waals surface area contributed by atoms with Gasteiger partial charge in [-0.25, -0.2) is 9.07 Å². The van der Waals surface area contributed by atoms with E-state index in [-0.39, 0.29) is 18.3 Å². The summed E-state index contributed by atoms with van der Waals surface area (Å²) in [6.45, 7) is 2.91. The maximum absolute atomic E-state index is 14.0. The zero-order valence-corrected chi connectivity index (χ0v) is 23.2. The van der Waals surface area contributed by atoms with Gasteiger partial charge in [-0.2, -0.15) is 5.10 Å². The van der Waals surface area contributed by atoms with E-state index in [1.165, 1.54) is 17.8 Å². The van der Waals surface area contributed by atoms with Crippen LogP contribution in [0.15, 0.2) is 90.0 Å². The molecule has 1 aliphatic rings. The molecular formula is C31H28FN3O2S2. The van der Waals surface area contributed by atoms with Crippen molar-refractivity contribution < 1.29 is 13.9 Å². The Bertz CT molecular complexity index is 1500. The van der Waals surface area contributed by atoms with Crippen molar-refractivity contribution in [3.63, 3.8) is 0 Å². The number of ether oxygens (including phenoxy) is 1. The van der Waals surface area contributed by atoms with Crippen LogP contribution in [0.25, 0.3) is 23.0 Å². The fraction of sp³-hybridized carbons (Fsp3) is 0.194. The third kappa shape index (κ3) is 6.29. The molecule has 0 bridgehead atoms. The number of amides is 1. The number of unbranched alkanes of at least 4 members (excludes halogenated alkanes) is 2. The first-order chi connectivity index (χ1) is 19.0. The number of hydrogen-bond acceptors (Lipinski definition) is 5. The Hall–Kier alpha value is -3.75. The minimum absolute atomic E-state index is 0.0589. The van der Waals surface area contributed by atoms with E-state index in [4.69, 9.17) is 22.1 Å². The number of aromatic nitrogens is 2. The minimum atomic E-state index is -0.291. The van der Waals surface area contributed by atoms with Crippen molar-refractivity contribution in [3.8, 4) is 22.7 Å². The molecule has 0 N–H and O–H groups in total. The number of rotatable bonds is 10. The summed E-state index contributed by atoms with van der Waals surface area (Å²) >= 11 is 6.85. The predicted octanol–water partition coefficient (Wildman–Crippen LogP) is 7.65. The molecule has 1 aromatic heterocycles. The lowest BCUT2D eigenvalue weighted by Crippen LogP contribution is -2.28. The molecule has 0 spiro atoms. The van der Waals surface area contributed by atoms with Crippen LogP contribution < -0.4 is 4.74 Å². The normalized spacial score (nSPS) is 14.4. The molecule has 8 heteroatoms. The van der Waals surface area contributed by atoms with Crippen molar-refractivity contribution in [2.75, 3.05) is 6.54 Å². The van der Waals surface area contributed by atoms with Crippen LogP contribution in [0.1, 0.15) is 37.3 Å². The summed E-state index contributed by atoms with van der Waals surface area (Å²) in [6, 6.07) is 23.9. The smallest absolute Gasteiger partial charge is 0.266 e. The zero-order valence-electron chi connectivity index (χ0n) is 21.5. The third-order valence-corrected chi connectivity index (χ3v) is 7.77. The Balaban J connectivity index is 1.42. The van der Waals surface area contributed by atoms with Gasteiger partial charge in [0.05, 0.1) is 16.3 Å². The number of halogens is 1. The molecule has 0 radical (unpaired) electrons. The highest BCUT2D eigenvalue weighted by Gasteiger charge is 2.32. The minimum Gasteiger partial charge on any atom is -0.489 e. The predicted molar refractivity (Wildman–Crippen MR) is 159 cm³/mol. The third-order valence-electron chi connectivity index (χ3n) is 6.39. The van der Waals surface area contributed by atoms with E-state index in [1.807, 2.05) is 71.6 Å². The molecule has 2 heterocycles. The number of carbonyl (C=O) groups excluding carboxylic acids is 1. The molecule has 3 aromatic carbocycles. The topological polar surface area (TPSA) is 47.4 Å². The van der Waals surface area contributed by atoms with Crippen LogP contribution in [0.5, 0.6) is 5.75 Å². The van der Waals surface area contributed by atoms with Crippen LogP contribution >= 0.6 is 24.0 Å². The van der Waals surface area contributed by atoms with Gasteiger partial charge in [0.15, 0.2) is 0 Å². The van der Waals surface area contributed by atoms with Crippen LogP contribution in [0.3, 0.4) is 0 Å². The molecule has 198 valence electrons. The molecule has 4 aromatic rings. The van der Waals surface area contributed by atoms with E-state index < -0.39 is 0 Å². The first-order valence-corrected chi connectivity index (χ1v) is 14.1. The summed E-state index contributed by atoms with van der Waals surface area (Å²) in [6.07, 6.45) is 6.88. The van der Waals surface area contributed by atoms with Gasteiger partial charge in [-0.05, 0) is 55.0 Å². The molecule has 0 atom stereocenters. The van der Waals surface area contributed by atoms with Gasteiger partial charge in [0.2, 0.25) is 0 Å². The Labute approximate surface area is 237 Å². The van der Waals surface area contributed by atoms with E-state index in [1.54, 1.807) is 23.1 Å². The van der Waals surface area contributed by atoms with Gasteiger partial charge in [-0.1, -0.05) is 80.1 Å². The van der Waals surface area contributed by atoms with Crippen LogP contribution in [0, 0.1) is 5.82 Å². The lowest BCUT2D eigenvalue weighted by atomic mass is 10.1. The number of benzene rings is 3. The van der Waals surface area contributed by atoms with E-state index in [9.17, 15) is 9.18 Å². The number of thioether (sulfide) groups is 1. The number of thiocarbonyl (C=S) groups is 1. The molecule has 5 rings (SSSR count). The van der Waals surface area contributed by atoms with Crippen molar-refractivity contribution in [2.24, 2.45) is 0 Å². The van der Waals surface area contributed by atoms with Gasteiger partial charge >= 0.3 is 0 Å². The van der Waals surface area contributed by atoms with Crippen molar-refractivity contribution in [1.82, 2.24) is 14.7 Å². The second-order valence-electron chi connectivity index (χ2n) is 9.16. The first-order valence-electron chi connectivity index (χ1n) is 12.9. The van der Waals surface area contributed by atoms with Gasteiger partial charge in [-0.3, -0.25) is 9.69 Å². The molecule has 5 nitrogen and oxygen atoms in total. The summed E-state index contributed by atoms with van der Waals surface area (Å²) in [7, 11) is 0.